The molecule has 0 saturated carbocycles. The molecule has 2 nitrogen and oxygen atoms in total. The Balaban J connectivity index is 2.79. The number of ether oxygens (including phenoxy) is 1. The largest absolute Gasteiger partial charge is 0.426 e. The number of allylic oxidation sites excluding steroid dienone is 1. The molecule has 91 valence electrons. The fourth-order valence-electron chi connectivity index (χ4n) is 1.57. The molecule has 1 aromatic rings. The van der Waals surface area contributed by atoms with Gasteiger partial charge in [-0.05, 0) is 25.3 Å². The van der Waals surface area contributed by atoms with E-state index in [0.29, 0.717) is 11.7 Å². The average Bonchev–Trinajstić information content (AvgIpc) is 2.27. The number of hydrogen-bond donors (Lipinski definition) is 0. The minimum absolute atomic E-state index is 0.297. The van der Waals surface area contributed by atoms with Crippen molar-refractivity contribution in [2.75, 3.05) is 0 Å². The lowest BCUT2D eigenvalue weighted by Crippen LogP contribution is -2.02. The van der Waals surface area contributed by atoms with Crippen LogP contribution >= 0.6 is 0 Å². The number of hydrogen-bond acceptors (Lipinski definition) is 2. The van der Waals surface area contributed by atoms with Crippen molar-refractivity contribution in [3.05, 3.63) is 42.8 Å². The first kappa shape index (κ1) is 13.5. The van der Waals surface area contributed by atoms with Crippen molar-refractivity contribution in [3.63, 3.8) is 0 Å². The van der Waals surface area contributed by atoms with Gasteiger partial charge in [0.15, 0.2) is 0 Å². The maximum absolute atomic E-state index is 10.9. The first-order chi connectivity index (χ1) is 8.13. The third-order valence-electron chi connectivity index (χ3n) is 2.38. The lowest BCUT2D eigenvalue weighted by molar-refractivity contribution is -0.131. The Morgan fingerprint density at radius 1 is 1.47 bits per heavy atom. The van der Waals surface area contributed by atoms with Crippen molar-refractivity contribution in [1.29, 1.82) is 0 Å². The molecular formula is C15H19O2. The summed E-state index contributed by atoms with van der Waals surface area (Å²) in [6.07, 6.45) is 6.19. The van der Waals surface area contributed by atoms with Crippen molar-refractivity contribution >= 4 is 12.0 Å². The molecule has 0 aromatic heterocycles. The van der Waals surface area contributed by atoms with Crippen LogP contribution in [0, 0.1) is 12.8 Å². The minimum atomic E-state index is -0.300. The van der Waals surface area contributed by atoms with Crippen LogP contribution < -0.4 is 4.74 Å². The Morgan fingerprint density at radius 3 is 2.82 bits per heavy atom. The highest BCUT2D eigenvalue weighted by Gasteiger charge is 2.03. The number of carbonyl (C=O) groups is 1. The van der Waals surface area contributed by atoms with Crippen LogP contribution in [0.15, 0.2) is 30.3 Å². The van der Waals surface area contributed by atoms with Gasteiger partial charge in [-0.25, -0.2) is 0 Å². The standard InChI is InChI=1S/C15H19O2/c1-4-7-12(2)10-11-14-8-5-6-9-15(14)17-13(3)16/h5-6,8-12H,2,4,7H2,1,3H3. The van der Waals surface area contributed by atoms with Crippen LogP contribution in [-0.4, -0.2) is 5.97 Å². The summed E-state index contributed by atoms with van der Waals surface area (Å²) in [6.45, 7) is 7.58. The van der Waals surface area contributed by atoms with E-state index < -0.39 is 0 Å². The summed E-state index contributed by atoms with van der Waals surface area (Å²) in [5.74, 6) is 0.593. The van der Waals surface area contributed by atoms with Crippen molar-refractivity contribution in [1.82, 2.24) is 0 Å². The van der Waals surface area contributed by atoms with E-state index in [0.717, 1.165) is 18.4 Å². The van der Waals surface area contributed by atoms with E-state index in [2.05, 4.69) is 13.8 Å². The van der Waals surface area contributed by atoms with E-state index in [1.165, 1.54) is 6.92 Å². The van der Waals surface area contributed by atoms with E-state index in [-0.39, 0.29) is 5.97 Å². The first-order valence-electron chi connectivity index (χ1n) is 5.92. The lowest BCUT2D eigenvalue weighted by atomic mass is 10.0. The molecule has 0 fully saturated rings. The highest BCUT2D eigenvalue weighted by Crippen LogP contribution is 2.21. The molecule has 0 spiro atoms. The molecule has 0 amide bonds. The second-order valence-electron chi connectivity index (χ2n) is 4.04. The summed E-state index contributed by atoms with van der Waals surface area (Å²) >= 11 is 0. The monoisotopic (exact) mass is 231 g/mol. The third-order valence-corrected chi connectivity index (χ3v) is 2.38. The maximum Gasteiger partial charge on any atom is 0.308 e. The zero-order valence-electron chi connectivity index (χ0n) is 10.5. The summed E-state index contributed by atoms with van der Waals surface area (Å²) in [5.41, 5.74) is 0.910. The number of carbonyl (C=O) groups excluding carboxylic acids is 1. The molecule has 1 radical (unpaired) electrons. The quantitative estimate of drug-likeness (QED) is 0.568. The number of benzene rings is 1. The predicted molar refractivity (Wildman–Crippen MR) is 70.5 cm³/mol. The van der Waals surface area contributed by atoms with Crippen molar-refractivity contribution in [3.8, 4) is 5.75 Å². The fraction of sp³-hybridized carbons (Fsp3) is 0.333. The molecule has 1 atom stereocenters. The third kappa shape index (κ3) is 4.85. The van der Waals surface area contributed by atoms with Gasteiger partial charge >= 0.3 is 5.97 Å². The van der Waals surface area contributed by atoms with E-state index >= 15 is 0 Å². The van der Waals surface area contributed by atoms with Gasteiger partial charge in [0.25, 0.3) is 0 Å². The van der Waals surface area contributed by atoms with Gasteiger partial charge in [0.2, 0.25) is 0 Å². The zero-order valence-corrected chi connectivity index (χ0v) is 10.5. The molecule has 0 bridgehead atoms. The average molecular weight is 231 g/mol. The normalized spacial score (nSPS) is 12.6. The van der Waals surface area contributed by atoms with Gasteiger partial charge in [0.1, 0.15) is 5.75 Å². The van der Waals surface area contributed by atoms with E-state index in [4.69, 9.17) is 4.74 Å². The van der Waals surface area contributed by atoms with Gasteiger partial charge in [-0.15, -0.1) is 0 Å². The molecule has 0 aliphatic rings. The van der Waals surface area contributed by atoms with Gasteiger partial charge in [-0.2, -0.15) is 0 Å². The molecule has 2 heteroatoms. The Morgan fingerprint density at radius 2 is 2.18 bits per heavy atom. The molecule has 0 aliphatic carbocycles. The summed E-state index contributed by atoms with van der Waals surface area (Å²) in [6, 6.07) is 7.49. The van der Waals surface area contributed by atoms with E-state index in [9.17, 15) is 4.79 Å². The highest BCUT2D eigenvalue weighted by molar-refractivity contribution is 5.71. The van der Waals surface area contributed by atoms with Crippen LogP contribution in [0.5, 0.6) is 5.75 Å². The molecule has 1 aromatic carbocycles. The van der Waals surface area contributed by atoms with Gasteiger partial charge in [0.05, 0.1) is 0 Å². The van der Waals surface area contributed by atoms with Crippen molar-refractivity contribution in [2.45, 2.75) is 26.7 Å². The van der Waals surface area contributed by atoms with Crippen LogP contribution in [0.2, 0.25) is 0 Å². The zero-order chi connectivity index (χ0) is 12.7. The molecule has 17 heavy (non-hydrogen) atoms. The lowest BCUT2D eigenvalue weighted by Gasteiger charge is -2.06. The van der Waals surface area contributed by atoms with Crippen LogP contribution in [-0.2, 0) is 4.79 Å². The van der Waals surface area contributed by atoms with Crippen LogP contribution in [0.1, 0.15) is 32.3 Å². The molecular weight excluding hydrogens is 212 g/mol. The summed E-state index contributed by atoms with van der Waals surface area (Å²) in [5, 5.41) is 0. The number of rotatable bonds is 5. The van der Waals surface area contributed by atoms with Crippen molar-refractivity contribution in [2.24, 2.45) is 5.92 Å². The van der Waals surface area contributed by atoms with Crippen molar-refractivity contribution < 1.29 is 9.53 Å². The summed E-state index contributed by atoms with van der Waals surface area (Å²) in [7, 11) is 0. The second-order valence-corrected chi connectivity index (χ2v) is 4.04. The molecule has 0 aliphatic heterocycles. The minimum Gasteiger partial charge on any atom is -0.426 e. The highest BCUT2D eigenvalue weighted by atomic mass is 16.5. The van der Waals surface area contributed by atoms with Crippen LogP contribution in [0.25, 0.3) is 6.08 Å². The van der Waals surface area contributed by atoms with E-state index in [1.54, 1.807) is 6.07 Å². The molecule has 1 rings (SSSR count). The number of para-hydroxylation sites is 1. The Hall–Kier alpha value is -1.57. The smallest absolute Gasteiger partial charge is 0.308 e. The Bertz CT molecular complexity index is 394. The fourth-order valence-corrected chi connectivity index (χ4v) is 1.57. The molecule has 0 heterocycles. The second kappa shape index (κ2) is 6.89. The Kier molecular flexibility index (Phi) is 5.47. The van der Waals surface area contributed by atoms with Gasteiger partial charge in [-0.3, -0.25) is 4.79 Å². The summed E-state index contributed by atoms with van der Waals surface area (Å²) < 4.78 is 5.13. The molecule has 0 N–H and O–H groups in total. The maximum atomic E-state index is 10.9. The van der Waals surface area contributed by atoms with Crippen LogP contribution in [0.4, 0.5) is 0 Å². The van der Waals surface area contributed by atoms with Gasteiger partial charge in [-0.1, -0.05) is 43.7 Å². The molecule has 0 saturated heterocycles. The SMILES string of the molecule is [CH2]C(C=Cc1ccccc1OC(C)=O)CCC. The predicted octanol–water partition coefficient (Wildman–Crippen LogP) is 3.88. The van der Waals surface area contributed by atoms with E-state index in [1.807, 2.05) is 30.4 Å². The Labute approximate surface area is 103 Å². The van der Waals surface area contributed by atoms with Gasteiger partial charge in [0, 0.05) is 12.5 Å². The topological polar surface area (TPSA) is 26.3 Å². The first-order valence-corrected chi connectivity index (χ1v) is 5.92. The van der Waals surface area contributed by atoms with Crippen LogP contribution in [0.3, 0.4) is 0 Å². The number of esters is 1. The summed E-state index contributed by atoms with van der Waals surface area (Å²) in [4.78, 5) is 10.9. The van der Waals surface area contributed by atoms with Gasteiger partial charge < -0.3 is 4.74 Å². The molecule has 1 unspecified atom stereocenters.